The first-order valence-corrected chi connectivity index (χ1v) is 13.1. The summed E-state index contributed by atoms with van der Waals surface area (Å²) >= 11 is 0. The number of hydrogen-bond acceptors (Lipinski definition) is 8. The van der Waals surface area contributed by atoms with E-state index in [0.717, 1.165) is 45.0 Å². The van der Waals surface area contributed by atoms with Crippen molar-refractivity contribution >= 4 is 17.7 Å². The molecule has 4 heterocycles. The number of benzene rings is 1. The maximum atomic E-state index is 12.7. The second-order valence-corrected chi connectivity index (χ2v) is 9.70. The fourth-order valence-corrected chi connectivity index (χ4v) is 4.74. The number of carbonyl (C=O) groups is 2. The van der Waals surface area contributed by atoms with Gasteiger partial charge in [-0.1, -0.05) is 18.6 Å². The van der Waals surface area contributed by atoms with Gasteiger partial charge in [-0.3, -0.25) is 14.6 Å². The Balaban J connectivity index is 1.06. The van der Waals surface area contributed by atoms with Crippen LogP contribution in [0.2, 0.25) is 0 Å². The second-order valence-electron chi connectivity index (χ2n) is 9.70. The topological polar surface area (TPSA) is 104 Å². The third-order valence-corrected chi connectivity index (χ3v) is 6.92. The maximum Gasteiger partial charge on any atom is 0.416 e. The van der Waals surface area contributed by atoms with Gasteiger partial charge in [0.25, 0.3) is 5.91 Å². The molecule has 0 radical (unpaired) electrons. The number of anilines is 1. The zero-order valence-corrected chi connectivity index (χ0v) is 21.5. The largest absolute Gasteiger partial charge is 0.416 e. The first-order chi connectivity index (χ1) is 18.6. The van der Waals surface area contributed by atoms with Crippen LogP contribution < -0.4 is 10.1 Å². The first-order valence-electron chi connectivity index (χ1n) is 13.1. The summed E-state index contributed by atoms with van der Waals surface area (Å²) in [5.41, 5.74) is 3.29. The van der Waals surface area contributed by atoms with Gasteiger partial charge in [0.2, 0.25) is 5.88 Å². The number of piperidine rings is 1. The Morgan fingerprint density at radius 2 is 1.58 bits per heavy atom. The van der Waals surface area contributed by atoms with Crippen LogP contribution in [0.4, 0.5) is 10.5 Å². The quantitative estimate of drug-likeness (QED) is 0.511. The number of piperazine rings is 1. The number of pyridine rings is 1. The van der Waals surface area contributed by atoms with Crippen molar-refractivity contribution in [1.29, 1.82) is 0 Å². The van der Waals surface area contributed by atoms with E-state index in [0.29, 0.717) is 24.3 Å². The van der Waals surface area contributed by atoms with Gasteiger partial charge < -0.3 is 15.0 Å². The maximum absolute atomic E-state index is 12.7. The molecule has 1 N–H and O–H groups in total. The number of amides is 2. The molecule has 2 fully saturated rings. The fourth-order valence-electron chi connectivity index (χ4n) is 4.74. The Bertz CT molecular complexity index is 1190. The van der Waals surface area contributed by atoms with Gasteiger partial charge in [-0.05, 0) is 55.8 Å². The molecule has 0 atom stereocenters. The van der Waals surface area contributed by atoms with Gasteiger partial charge >= 0.3 is 6.09 Å². The molecule has 10 nitrogen and oxygen atoms in total. The molecule has 10 heteroatoms. The van der Waals surface area contributed by atoms with Gasteiger partial charge in [-0.25, -0.2) is 19.7 Å². The molecule has 0 aliphatic carbocycles. The zero-order chi connectivity index (χ0) is 26.2. The smallest absolute Gasteiger partial charge is 0.391 e. The molecule has 38 heavy (non-hydrogen) atoms. The molecule has 2 aliphatic heterocycles. The molecule has 5 rings (SSSR count). The van der Waals surface area contributed by atoms with Crippen molar-refractivity contribution in [1.82, 2.24) is 29.7 Å². The SMILES string of the molecule is O=C(Nc1ccc(OC(=O)N2CCN(Cc3ccncn3)CC2)nc1)c1ccc(CN2CCCCC2)cc1. The summed E-state index contributed by atoms with van der Waals surface area (Å²) in [7, 11) is 0. The van der Waals surface area contributed by atoms with Crippen LogP contribution in [0.1, 0.15) is 40.9 Å². The van der Waals surface area contributed by atoms with Crippen LogP contribution >= 0.6 is 0 Å². The highest BCUT2D eigenvalue weighted by atomic mass is 16.6. The van der Waals surface area contributed by atoms with E-state index in [1.165, 1.54) is 31.0 Å². The average molecular weight is 516 g/mol. The van der Waals surface area contributed by atoms with E-state index >= 15 is 0 Å². The molecule has 2 saturated heterocycles. The Labute approximate surface area is 222 Å². The Morgan fingerprint density at radius 1 is 0.816 bits per heavy atom. The molecule has 3 aromatic rings. The summed E-state index contributed by atoms with van der Waals surface area (Å²) in [4.78, 5) is 44.0. The molecule has 0 unspecified atom stereocenters. The number of ether oxygens (including phenoxy) is 1. The van der Waals surface area contributed by atoms with Crippen LogP contribution in [-0.4, -0.2) is 80.9 Å². The van der Waals surface area contributed by atoms with Crippen LogP contribution in [0.3, 0.4) is 0 Å². The minimum Gasteiger partial charge on any atom is -0.391 e. The number of likely N-dealkylation sites (tertiary alicyclic amines) is 1. The van der Waals surface area contributed by atoms with E-state index < -0.39 is 6.09 Å². The first kappa shape index (κ1) is 25.7. The number of nitrogens with zero attached hydrogens (tertiary/aromatic N) is 6. The molecule has 2 amide bonds. The van der Waals surface area contributed by atoms with Crippen molar-refractivity contribution in [2.24, 2.45) is 0 Å². The van der Waals surface area contributed by atoms with E-state index in [4.69, 9.17) is 4.74 Å². The summed E-state index contributed by atoms with van der Waals surface area (Å²) in [6.07, 6.45) is 8.17. The predicted molar refractivity (Wildman–Crippen MR) is 143 cm³/mol. The average Bonchev–Trinajstić information content (AvgIpc) is 2.96. The molecule has 2 aliphatic rings. The zero-order valence-electron chi connectivity index (χ0n) is 21.5. The van der Waals surface area contributed by atoms with Gasteiger partial charge in [0.05, 0.1) is 17.6 Å². The second kappa shape index (κ2) is 12.6. The Hall–Kier alpha value is -3.89. The Kier molecular flexibility index (Phi) is 8.52. The van der Waals surface area contributed by atoms with E-state index in [1.54, 1.807) is 29.6 Å². The molecule has 1 aromatic carbocycles. The number of rotatable bonds is 7. The summed E-state index contributed by atoms with van der Waals surface area (Å²) in [6, 6.07) is 12.9. The van der Waals surface area contributed by atoms with Crippen LogP contribution in [0.5, 0.6) is 5.88 Å². The molecular formula is C28H33N7O3. The summed E-state index contributed by atoms with van der Waals surface area (Å²) < 4.78 is 5.45. The van der Waals surface area contributed by atoms with Gasteiger partial charge in [0, 0.05) is 57.1 Å². The number of aromatic nitrogens is 3. The number of nitrogens with one attached hydrogen (secondary N) is 1. The van der Waals surface area contributed by atoms with Crippen molar-refractivity contribution in [3.05, 3.63) is 78.0 Å². The van der Waals surface area contributed by atoms with E-state index in [2.05, 4.69) is 30.1 Å². The fraction of sp³-hybridized carbons (Fsp3) is 0.393. The lowest BCUT2D eigenvalue weighted by atomic mass is 10.1. The highest BCUT2D eigenvalue weighted by Crippen LogP contribution is 2.17. The molecule has 198 valence electrons. The molecule has 0 spiro atoms. The third kappa shape index (κ3) is 7.11. The van der Waals surface area contributed by atoms with Crippen molar-refractivity contribution in [3.63, 3.8) is 0 Å². The number of carbonyl (C=O) groups excluding carboxylic acids is 2. The lowest BCUT2D eigenvalue weighted by Crippen LogP contribution is -2.49. The van der Waals surface area contributed by atoms with Crippen molar-refractivity contribution in [3.8, 4) is 5.88 Å². The van der Waals surface area contributed by atoms with Gasteiger partial charge in [0.15, 0.2) is 0 Å². The highest BCUT2D eigenvalue weighted by molar-refractivity contribution is 6.04. The predicted octanol–water partition coefficient (Wildman–Crippen LogP) is 3.43. The van der Waals surface area contributed by atoms with Crippen LogP contribution in [0.25, 0.3) is 0 Å². The molecule has 2 aromatic heterocycles. The standard InChI is InChI=1S/C28H33N7O3/c36-27(23-6-4-22(5-7-23)19-33-12-2-1-3-13-33)32-24-8-9-26(30-18-24)38-28(37)35-16-14-34(15-17-35)20-25-10-11-29-21-31-25/h4-11,18,21H,1-3,12-17,19-20H2,(H,32,36). The van der Waals surface area contributed by atoms with Gasteiger partial charge in [-0.2, -0.15) is 0 Å². The number of hydrogen-bond donors (Lipinski definition) is 1. The Morgan fingerprint density at radius 3 is 2.26 bits per heavy atom. The molecule has 0 bridgehead atoms. The summed E-state index contributed by atoms with van der Waals surface area (Å²) in [5.74, 6) is -0.0145. The monoisotopic (exact) mass is 515 g/mol. The van der Waals surface area contributed by atoms with Crippen molar-refractivity contribution < 1.29 is 14.3 Å². The van der Waals surface area contributed by atoms with Crippen LogP contribution in [-0.2, 0) is 13.1 Å². The van der Waals surface area contributed by atoms with Gasteiger partial charge in [0.1, 0.15) is 6.33 Å². The van der Waals surface area contributed by atoms with E-state index in [1.807, 2.05) is 30.3 Å². The minimum atomic E-state index is -0.430. The van der Waals surface area contributed by atoms with E-state index in [9.17, 15) is 9.59 Å². The van der Waals surface area contributed by atoms with E-state index in [-0.39, 0.29) is 11.8 Å². The molecular weight excluding hydrogens is 482 g/mol. The molecule has 0 saturated carbocycles. The van der Waals surface area contributed by atoms with Gasteiger partial charge in [-0.15, -0.1) is 0 Å². The lowest BCUT2D eigenvalue weighted by Gasteiger charge is -2.33. The van der Waals surface area contributed by atoms with Crippen molar-refractivity contribution in [2.45, 2.75) is 32.4 Å². The summed E-state index contributed by atoms with van der Waals surface area (Å²) in [5, 5.41) is 2.85. The minimum absolute atomic E-state index is 0.193. The van der Waals surface area contributed by atoms with Crippen molar-refractivity contribution in [2.75, 3.05) is 44.6 Å². The lowest BCUT2D eigenvalue weighted by molar-refractivity contribution is 0.102. The summed E-state index contributed by atoms with van der Waals surface area (Å²) in [6.45, 7) is 6.52. The van der Waals surface area contributed by atoms with Crippen LogP contribution in [0.15, 0.2) is 61.2 Å². The third-order valence-electron chi connectivity index (χ3n) is 6.92. The highest BCUT2D eigenvalue weighted by Gasteiger charge is 2.23. The normalized spacial score (nSPS) is 16.7. The van der Waals surface area contributed by atoms with Crippen LogP contribution in [0, 0.1) is 0 Å².